The van der Waals surface area contributed by atoms with E-state index in [1.165, 1.54) is 5.57 Å². The molecule has 0 aliphatic heterocycles. The van der Waals surface area contributed by atoms with Crippen molar-refractivity contribution in [1.82, 2.24) is 5.32 Å². The van der Waals surface area contributed by atoms with Gasteiger partial charge in [0, 0.05) is 5.70 Å². The Kier molecular flexibility index (Phi) is 13.5. The van der Waals surface area contributed by atoms with E-state index >= 15 is 0 Å². The van der Waals surface area contributed by atoms with E-state index in [-0.39, 0.29) is 0 Å². The maximum absolute atomic E-state index is 8.00. The number of hydrogen-bond acceptors (Lipinski definition) is 3. The van der Waals surface area contributed by atoms with E-state index in [1.54, 1.807) is 6.08 Å². The molecule has 3 nitrogen and oxygen atoms in total. The van der Waals surface area contributed by atoms with Crippen molar-refractivity contribution in [3.8, 4) is 0 Å². The zero-order valence-electron chi connectivity index (χ0n) is 11.5. The van der Waals surface area contributed by atoms with Crippen LogP contribution in [0.4, 0.5) is 0 Å². The fourth-order valence-electron chi connectivity index (χ4n) is 1.04. The molecule has 0 aliphatic carbocycles. The van der Waals surface area contributed by atoms with Gasteiger partial charge in [0.2, 0.25) is 0 Å². The van der Waals surface area contributed by atoms with Crippen molar-refractivity contribution in [2.24, 2.45) is 0 Å². The maximum Gasteiger partial charge on any atom is 0.116 e. The topological polar surface area (TPSA) is 38.3 Å². The van der Waals surface area contributed by atoms with E-state index in [0.717, 1.165) is 12.1 Å². The number of ether oxygens (including phenoxy) is 1. The Labute approximate surface area is 105 Å². The maximum atomic E-state index is 8.00. The molecule has 0 fully saturated rings. The molecule has 98 valence electrons. The van der Waals surface area contributed by atoms with Crippen LogP contribution in [0.5, 0.6) is 0 Å². The summed E-state index contributed by atoms with van der Waals surface area (Å²) >= 11 is 0. The number of rotatable bonds is 7. The highest BCUT2D eigenvalue weighted by molar-refractivity contribution is 5.23. The molecule has 0 aliphatic rings. The zero-order chi connectivity index (χ0) is 13.7. The van der Waals surface area contributed by atoms with Gasteiger partial charge >= 0.3 is 0 Å². The zero-order valence-corrected chi connectivity index (χ0v) is 11.5. The van der Waals surface area contributed by atoms with E-state index in [4.69, 9.17) is 9.53 Å². The molecule has 1 N–H and O–H groups in total. The van der Waals surface area contributed by atoms with Gasteiger partial charge in [-0.25, -0.2) is 0 Å². The van der Waals surface area contributed by atoms with E-state index in [2.05, 4.69) is 31.8 Å². The summed E-state index contributed by atoms with van der Waals surface area (Å²) in [7, 11) is 0. The molecule has 17 heavy (non-hydrogen) atoms. The molecule has 0 spiro atoms. The second-order valence-electron chi connectivity index (χ2n) is 3.68. The molecule has 0 aromatic carbocycles. The van der Waals surface area contributed by atoms with Gasteiger partial charge in [-0.3, -0.25) is 0 Å². The fourth-order valence-corrected chi connectivity index (χ4v) is 1.04. The van der Waals surface area contributed by atoms with E-state index < -0.39 is 0 Å². The molecule has 0 heterocycles. The van der Waals surface area contributed by atoms with Crippen LogP contribution in [0.25, 0.3) is 0 Å². The Morgan fingerprint density at radius 3 is 2.47 bits per heavy atom. The highest BCUT2D eigenvalue weighted by atomic mass is 16.5. The number of carbonyl (C=O) groups excluding carboxylic acids is 1. The van der Waals surface area contributed by atoms with Crippen molar-refractivity contribution in [2.45, 2.75) is 40.2 Å². The van der Waals surface area contributed by atoms with Crippen molar-refractivity contribution in [3.05, 3.63) is 36.1 Å². The van der Waals surface area contributed by atoms with E-state index in [9.17, 15) is 0 Å². The van der Waals surface area contributed by atoms with Crippen LogP contribution in [0.3, 0.4) is 0 Å². The van der Waals surface area contributed by atoms with Crippen LogP contribution < -0.4 is 5.32 Å². The molecule has 0 bridgehead atoms. The van der Waals surface area contributed by atoms with Crippen LogP contribution in [-0.2, 0) is 9.53 Å². The first kappa shape index (κ1) is 18.0. The van der Waals surface area contributed by atoms with Crippen LogP contribution in [-0.4, -0.2) is 19.6 Å². The molecule has 0 aromatic rings. The highest BCUT2D eigenvalue weighted by Gasteiger charge is 1.96. The number of allylic oxidation sites excluding steroid dienone is 5. The summed E-state index contributed by atoms with van der Waals surface area (Å²) in [6.45, 7) is 14.5. The third kappa shape index (κ3) is 12.6. The Morgan fingerprint density at radius 1 is 1.41 bits per heavy atom. The molecule has 3 heteroatoms. The van der Waals surface area contributed by atoms with Crippen LogP contribution in [0.1, 0.15) is 34.1 Å². The second kappa shape index (κ2) is 12.7. The van der Waals surface area contributed by atoms with Crippen molar-refractivity contribution < 1.29 is 9.53 Å². The number of hydrogen-bond donors (Lipinski definition) is 1. The molecule has 0 aromatic heterocycles. The Bertz CT molecular complexity index is 257. The number of carbonyl (C=O) groups is 1. The van der Waals surface area contributed by atoms with E-state index in [0.29, 0.717) is 12.8 Å². The predicted molar refractivity (Wildman–Crippen MR) is 73.7 cm³/mol. The number of nitrogens with one attached hydrogen (secondary N) is 1. The second-order valence-corrected chi connectivity index (χ2v) is 3.68. The Hall–Kier alpha value is -1.35. The van der Waals surface area contributed by atoms with Crippen LogP contribution in [0, 0.1) is 0 Å². The average Bonchev–Trinajstić information content (AvgIpc) is 2.31. The third-order valence-electron chi connectivity index (χ3n) is 2.12. The van der Waals surface area contributed by atoms with Crippen molar-refractivity contribution >= 4 is 6.79 Å². The smallest absolute Gasteiger partial charge is 0.116 e. The van der Waals surface area contributed by atoms with Gasteiger partial charge in [0.15, 0.2) is 0 Å². The quantitative estimate of drug-likeness (QED) is 0.547. The van der Waals surface area contributed by atoms with Crippen LogP contribution in [0.15, 0.2) is 36.1 Å². The third-order valence-corrected chi connectivity index (χ3v) is 2.12. The summed E-state index contributed by atoms with van der Waals surface area (Å²) in [5.74, 6) is 0. The minimum absolute atomic E-state index is 0.315. The van der Waals surface area contributed by atoms with Gasteiger partial charge in [0.05, 0.1) is 6.10 Å². The first-order valence-electron chi connectivity index (χ1n) is 5.72. The van der Waals surface area contributed by atoms with Gasteiger partial charge in [0.25, 0.3) is 0 Å². The van der Waals surface area contributed by atoms with Crippen molar-refractivity contribution in [1.29, 1.82) is 0 Å². The predicted octanol–water partition coefficient (Wildman–Crippen LogP) is 3.20. The minimum atomic E-state index is 0.315. The Morgan fingerprint density at radius 2 is 2.00 bits per heavy atom. The SMILES string of the molecule is C=C/C=C(C)\C=C(/C)NCOC(C)CC.C=O. The molecule has 0 saturated carbocycles. The summed E-state index contributed by atoms with van der Waals surface area (Å²) in [4.78, 5) is 8.00. The lowest BCUT2D eigenvalue weighted by Crippen LogP contribution is -2.20. The summed E-state index contributed by atoms with van der Waals surface area (Å²) in [6.07, 6.45) is 7.19. The summed E-state index contributed by atoms with van der Waals surface area (Å²) in [5.41, 5.74) is 2.28. The van der Waals surface area contributed by atoms with Gasteiger partial charge in [-0.15, -0.1) is 0 Å². The summed E-state index contributed by atoms with van der Waals surface area (Å²) < 4.78 is 5.51. The van der Waals surface area contributed by atoms with Gasteiger partial charge in [0.1, 0.15) is 13.5 Å². The molecular formula is C14H25NO2. The van der Waals surface area contributed by atoms with Crippen molar-refractivity contribution in [3.63, 3.8) is 0 Å². The average molecular weight is 239 g/mol. The van der Waals surface area contributed by atoms with Gasteiger partial charge in [-0.2, -0.15) is 0 Å². The summed E-state index contributed by atoms with van der Waals surface area (Å²) in [5, 5.41) is 3.20. The largest absolute Gasteiger partial charge is 0.366 e. The normalized spacial score (nSPS) is 13.4. The van der Waals surface area contributed by atoms with Gasteiger partial charge < -0.3 is 14.8 Å². The molecule has 0 rings (SSSR count). The standard InChI is InChI=1S/C13H23NO.CH2O/c1-6-8-11(3)9-12(4)14-10-15-13(5)7-2;1-2/h6,8-9,13-14H,1,7,10H2,2-5H3;1H2/b11-8-,12-9+;. The van der Waals surface area contributed by atoms with E-state index in [1.807, 2.05) is 26.7 Å². The molecule has 1 unspecified atom stereocenters. The molecule has 0 radical (unpaired) electrons. The summed E-state index contributed by atoms with van der Waals surface area (Å²) in [6, 6.07) is 0. The monoisotopic (exact) mass is 239 g/mol. The Balaban J connectivity index is 0. The van der Waals surface area contributed by atoms with Crippen LogP contribution in [0.2, 0.25) is 0 Å². The molecular weight excluding hydrogens is 214 g/mol. The van der Waals surface area contributed by atoms with Crippen LogP contribution >= 0.6 is 0 Å². The fraction of sp³-hybridized carbons (Fsp3) is 0.500. The molecule has 0 amide bonds. The highest BCUT2D eigenvalue weighted by Crippen LogP contribution is 2.00. The molecule has 0 saturated heterocycles. The first-order chi connectivity index (χ1) is 8.10. The lowest BCUT2D eigenvalue weighted by molar-refractivity contribution is -0.0979. The van der Waals surface area contributed by atoms with Crippen molar-refractivity contribution in [2.75, 3.05) is 6.73 Å². The van der Waals surface area contributed by atoms with Gasteiger partial charge in [-0.1, -0.05) is 25.7 Å². The first-order valence-corrected chi connectivity index (χ1v) is 5.72. The minimum Gasteiger partial charge on any atom is -0.366 e. The molecule has 1 atom stereocenters. The lowest BCUT2D eigenvalue weighted by atomic mass is 10.2. The lowest BCUT2D eigenvalue weighted by Gasteiger charge is -2.12. The van der Waals surface area contributed by atoms with Gasteiger partial charge in [-0.05, 0) is 38.8 Å².